The van der Waals surface area contributed by atoms with Gasteiger partial charge in [0, 0.05) is 24.2 Å². The van der Waals surface area contributed by atoms with Crippen molar-refractivity contribution < 1.29 is 19.1 Å². The quantitative estimate of drug-likeness (QED) is 0.724. The van der Waals surface area contributed by atoms with Gasteiger partial charge in [0.25, 0.3) is 5.91 Å². The fraction of sp³-hybridized carbons (Fsp3) is 0.263. The number of carbonyl (C=O) groups excluding carboxylic acids is 2. The van der Waals surface area contributed by atoms with Crippen LogP contribution in [0.5, 0.6) is 11.5 Å². The molecule has 1 saturated heterocycles. The molecular formula is C19H18BrClN2O4. The standard InChI is InChI=1S/C19H18BrClN2O4/c1-26-15-8-11(9-16(27-2)18(15)20)19(25)22-12-5-6-14(13(21)10-12)23-7-3-4-17(23)24/h5-6,8-10H,3-4,7H2,1-2H3,(H,22,25). The molecule has 0 unspecified atom stereocenters. The maximum atomic E-state index is 12.6. The van der Waals surface area contributed by atoms with Gasteiger partial charge >= 0.3 is 0 Å². The van der Waals surface area contributed by atoms with Crippen molar-refractivity contribution in [3.8, 4) is 11.5 Å². The number of halogens is 2. The molecule has 0 atom stereocenters. The summed E-state index contributed by atoms with van der Waals surface area (Å²) in [6, 6.07) is 8.32. The number of amides is 2. The summed E-state index contributed by atoms with van der Waals surface area (Å²) in [4.78, 5) is 26.2. The largest absolute Gasteiger partial charge is 0.495 e. The van der Waals surface area contributed by atoms with Gasteiger partial charge < -0.3 is 19.7 Å². The molecule has 0 saturated carbocycles. The number of anilines is 2. The number of ether oxygens (including phenoxy) is 2. The summed E-state index contributed by atoms with van der Waals surface area (Å²) in [5, 5.41) is 3.21. The third-order valence-corrected chi connectivity index (χ3v) is 5.36. The number of hydrogen-bond acceptors (Lipinski definition) is 4. The van der Waals surface area contributed by atoms with Crippen molar-refractivity contribution in [1.82, 2.24) is 0 Å². The highest BCUT2D eigenvalue weighted by Gasteiger charge is 2.24. The zero-order valence-electron chi connectivity index (χ0n) is 14.8. The second-order valence-corrected chi connectivity index (χ2v) is 7.16. The Labute approximate surface area is 170 Å². The first-order valence-electron chi connectivity index (χ1n) is 8.27. The van der Waals surface area contributed by atoms with Gasteiger partial charge in [-0.2, -0.15) is 0 Å². The first-order valence-corrected chi connectivity index (χ1v) is 9.44. The summed E-state index contributed by atoms with van der Waals surface area (Å²) in [6.45, 7) is 0.655. The van der Waals surface area contributed by atoms with Crippen molar-refractivity contribution in [2.45, 2.75) is 12.8 Å². The van der Waals surface area contributed by atoms with Gasteiger partial charge in [-0.1, -0.05) is 11.6 Å². The molecule has 1 heterocycles. The van der Waals surface area contributed by atoms with E-state index >= 15 is 0 Å². The van der Waals surface area contributed by atoms with Crippen LogP contribution in [0.3, 0.4) is 0 Å². The van der Waals surface area contributed by atoms with Gasteiger partial charge in [0.2, 0.25) is 5.91 Å². The molecule has 0 radical (unpaired) electrons. The van der Waals surface area contributed by atoms with E-state index in [1.54, 1.807) is 35.2 Å². The SMILES string of the molecule is COc1cc(C(=O)Nc2ccc(N3CCCC3=O)c(Cl)c2)cc(OC)c1Br. The number of benzene rings is 2. The van der Waals surface area contributed by atoms with E-state index in [0.29, 0.717) is 50.9 Å². The Kier molecular flexibility index (Phi) is 5.92. The molecule has 1 aliphatic rings. The van der Waals surface area contributed by atoms with Crippen LogP contribution in [0.1, 0.15) is 23.2 Å². The molecule has 1 aliphatic heterocycles. The molecule has 0 aromatic heterocycles. The van der Waals surface area contributed by atoms with Gasteiger partial charge in [-0.3, -0.25) is 9.59 Å². The molecule has 0 spiro atoms. The van der Waals surface area contributed by atoms with Crippen molar-refractivity contribution in [1.29, 1.82) is 0 Å². The lowest BCUT2D eigenvalue weighted by Gasteiger charge is -2.18. The highest BCUT2D eigenvalue weighted by atomic mass is 79.9. The molecular weight excluding hydrogens is 436 g/mol. The number of carbonyl (C=O) groups is 2. The number of nitrogens with one attached hydrogen (secondary N) is 1. The summed E-state index contributed by atoms with van der Waals surface area (Å²) in [7, 11) is 3.03. The van der Waals surface area contributed by atoms with Crippen LogP contribution in [-0.4, -0.2) is 32.6 Å². The Bertz CT molecular complexity index is 878. The lowest BCUT2D eigenvalue weighted by molar-refractivity contribution is -0.117. The van der Waals surface area contributed by atoms with Crippen LogP contribution < -0.4 is 19.7 Å². The third-order valence-electron chi connectivity index (χ3n) is 4.28. The average molecular weight is 454 g/mol. The predicted octanol–water partition coefficient (Wildman–Crippen LogP) is 4.50. The first-order chi connectivity index (χ1) is 12.9. The molecule has 142 valence electrons. The van der Waals surface area contributed by atoms with E-state index in [-0.39, 0.29) is 11.8 Å². The van der Waals surface area contributed by atoms with E-state index < -0.39 is 0 Å². The van der Waals surface area contributed by atoms with Crippen molar-refractivity contribution in [2.24, 2.45) is 0 Å². The highest BCUT2D eigenvalue weighted by molar-refractivity contribution is 9.10. The summed E-state index contributed by atoms with van der Waals surface area (Å²) >= 11 is 9.70. The van der Waals surface area contributed by atoms with Crippen LogP contribution in [0.2, 0.25) is 5.02 Å². The van der Waals surface area contributed by atoms with Gasteiger partial charge in [-0.25, -0.2) is 0 Å². The molecule has 0 bridgehead atoms. The Morgan fingerprint density at radius 2 is 1.85 bits per heavy atom. The lowest BCUT2D eigenvalue weighted by atomic mass is 10.1. The van der Waals surface area contributed by atoms with Crippen LogP contribution in [0.25, 0.3) is 0 Å². The summed E-state index contributed by atoms with van der Waals surface area (Å²) < 4.78 is 11.2. The summed E-state index contributed by atoms with van der Waals surface area (Å²) in [5.74, 6) is 0.698. The maximum absolute atomic E-state index is 12.6. The molecule has 8 heteroatoms. The van der Waals surface area contributed by atoms with E-state index in [2.05, 4.69) is 21.2 Å². The minimum absolute atomic E-state index is 0.0581. The molecule has 0 aliphatic carbocycles. The minimum atomic E-state index is -0.333. The summed E-state index contributed by atoms with van der Waals surface area (Å²) in [6.07, 6.45) is 1.35. The highest BCUT2D eigenvalue weighted by Crippen LogP contribution is 2.36. The number of methoxy groups -OCH3 is 2. The van der Waals surface area contributed by atoms with Gasteiger partial charge in [0.15, 0.2) is 0 Å². The van der Waals surface area contributed by atoms with Crippen LogP contribution in [-0.2, 0) is 4.79 Å². The molecule has 1 fully saturated rings. The average Bonchev–Trinajstić information content (AvgIpc) is 3.07. The van der Waals surface area contributed by atoms with Crippen LogP contribution in [0.4, 0.5) is 11.4 Å². The van der Waals surface area contributed by atoms with Crippen LogP contribution in [0, 0.1) is 0 Å². The summed E-state index contributed by atoms with van der Waals surface area (Å²) in [5.41, 5.74) is 1.56. The second-order valence-electron chi connectivity index (χ2n) is 5.96. The van der Waals surface area contributed by atoms with Crippen molar-refractivity contribution >= 4 is 50.7 Å². The predicted molar refractivity (Wildman–Crippen MR) is 108 cm³/mol. The topological polar surface area (TPSA) is 67.9 Å². The van der Waals surface area contributed by atoms with Crippen molar-refractivity contribution in [3.05, 3.63) is 45.4 Å². The minimum Gasteiger partial charge on any atom is -0.495 e. The zero-order valence-corrected chi connectivity index (χ0v) is 17.2. The van der Waals surface area contributed by atoms with Gasteiger partial charge in [-0.05, 0) is 52.7 Å². The Balaban J connectivity index is 1.82. The zero-order chi connectivity index (χ0) is 19.6. The molecule has 3 rings (SSSR count). The van der Waals surface area contributed by atoms with E-state index in [4.69, 9.17) is 21.1 Å². The molecule has 1 N–H and O–H groups in total. The van der Waals surface area contributed by atoms with Gasteiger partial charge in [0.05, 0.1) is 24.9 Å². The van der Waals surface area contributed by atoms with Crippen molar-refractivity contribution in [3.63, 3.8) is 0 Å². The number of hydrogen-bond donors (Lipinski definition) is 1. The normalized spacial score (nSPS) is 13.6. The van der Waals surface area contributed by atoms with Crippen LogP contribution in [0.15, 0.2) is 34.8 Å². The Hall–Kier alpha value is -2.25. The monoisotopic (exact) mass is 452 g/mol. The van der Waals surface area contributed by atoms with Crippen LogP contribution >= 0.6 is 27.5 Å². The number of nitrogens with zero attached hydrogens (tertiary/aromatic N) is 1. The fourth-order valence-corrected chi connectivity index (χ4v) is 3.75. The molecule has 2 amide bonds. The molecule has 2 aromatic carbocycles. The van der Waals surface area contributed by atoms with Gasteiger partial charge in [-0.15, -0.1) is 0 Å². The van der Waals surface area contributed by atoms with E-state index in [1.807, 2.05) is 0 Å². The fourth-order valence-electron chi connectivity index (χ4n) is 2.91. The van der Waals surface area contributed by atoms with E-state index in [0.717, 1.165) is 6.42 Å². The third kappa shape index (κ3) is 4.04. The lowest BCUT2D eigenvalue weighted by Crippen LogP contribution is -2.24. The second kappa shape index (κ2) is 8.19. The van der Waals surface area contributed by atoms with E-state index in [1.165, 1.54) is 14.2 Å². The van der Waals surface area contributed by atoms with Gasteiger partial charge in [0.1, 0.15) is 16.0 Å². The Morgan fingerprint density at radius 1 is 1.19 bits per heavy atom. The molecule has 6 nitrogen and oxygen atoms in total. The Morgan fingerprint density at radius 3 is 2.37 bits per heavy atom. The molecule has 2 aromatic rings. The maximum Gasteiger partial charge on any atom is 0.255 e. The number of rotatable bonds is 5. The molecule has 27 heavy (non-hydrogen) atoms. The smallest absolute Gasteiger partial charge is 0.255 e. The van der Waals surface area contributed by atoms with Crippen molar-refractivity contribution in [2.75, 3.05) is 31.0 Å². The van der Waals surface area contributed by atoms with E-state index in [9.17, 15) is 9.59 Å². The first kappa shape index (κ1) is 19.5.